The lowest BCUT2D eigenvalue weighted by atomic mass is 10.3. The summed E-state index contributed by atoms with van der Waals surface area (Å²) in [6.45, 7) is 1.57. The van der Waals surface area contributed by atoms with Crippen molar-refractivity contribution in [1.82, 2.24) is 5.32 Å². The molecule has 4 N–H and O–H groups in total. The van der Waals surface area contributed by atoms with Crippen molar-refractivity contribution in [2.75, 3.05) is 18.5 Å². The second-order valence-corrected chi connectivity index (χ2v) is 3.77. The largest absolute Gasteiger partial charge is 0.491 e. The van der Waals surface area contributed by atoms with E-state index in [0.29, 0.717) is 6.61 Å². The monoisotopic (exact) mass is 286 g/mol. The van der Waals surface area contributed by atoms with Crippen LogP contribution in [0, 0.1) is 5.82 Å². The number of aliphatic carboxylic acids is 1. The molecule has 1 rings (SSSR count). The third kappa shape index (κ3) is 4.73. The van der Waals surface area contributed by atoms with Crippen molar-refractivity contribution in [2.45, 2.75) is 13.0 Å². The van der Waals surface area contributed by atoms with Crippen molar-refractivity contribution < 1.29 is 28.9 Å². The summed E-state index contributed by atoms with van der Waals surface area (Å²) in [6, 6.07) is 3.11. The number of aliphatic hydroxyl groups is 1. The van der Waals surface area contributed by atoms with E-state index in [4.69, 9.17) is 14.9 Å². The van der Waals surface area contributed by atoms with Crippen LogP contribution in [0.15, 0.2) is 18.2 Å². The number of anilines is 1. The van der Waals surface area contributed by atoms with Crippen LogP contribution in [-0.2, 0) is 4.79 Å². The van der Waals surface area contributed by atoms with E-state index < -0.39 is 30.5 Å². The van der Waals surface area contributed by atoms with E-state index in [1.54, 1.807) is 6.92 Å². The summed E-state index contributed by atoms with van der Waals surface area (Å²) in [5.41, 5.74) is 0.174. The van der Waals surface area contributed by atoms with Crippen molar-refractivity contribution >= 4 is 17.7 Å². The Morgan fingerprint density at radius 1 is 1.45 bits per heavy atom. The van der Waals surface area contributed by atoms with Crippen LogP contribution in [0.5, 0.6) is 5.75 Å². The Bertz CT molecular complexity index is 495. The molecule has 0 aliphatic heterocycles. The Kier molecular flexibility index (Phi) is 5.73. The molecule has 0 saturated heterocycles. The lowest BCUT2D eigenvalue weighted by Crippen LogP contribution is -2.38. The number of benzene rings is 1. The lowest BCUT2D eigenvalue weighted by Gasteiger charge is -2.10. The van der Waals surface area contributed by atoms with E-state index in [1.165, 1.54) is 12.1 Å². The van der Waals surface area contributed by atoms with Crippen LogP contribution < -0.4 is 15.4 Å². The fourth-order valence-corrected chi connectivity index (χ4v) is 1.30. The van der Waals surface area contributed by atoms with Gasteiger partial charge in [0.2, 0.25) is 0 Å². The highest BCUT2D eigenvalue weighted by Crippen LogP contribution is 2.20. The minimum atomic E-state index is -1.70. The van der Waals surface area contributed by atoms with Crippen LogP contribution in [0.2, 0.25) is 0 Å². The molecule has 7 nitrogen and oxygen atoms in total. The summed E-state index contributed by atoms with van der Waals surface area (Å²) in [4.78, 5) is 21.7. The molecule has 0 aliphatic rings. The van der Waals surface area contributed by atoms with Crippen LogP contribution in [0.4, 0.5) is 14.9 Å². The first-order chi connectivity index (χ1) is 9.43. The minimum Gasteiger partial charge on any atom is -0.491 e. The predicted molar refractivity (Wildman–Crippen MR) is 68.2 cm³/mol. The number of aliphatic hydroxyl groups excluding tert-OH is 1. The molecule has 0 fully saturated rings. The third-order valence-corrected chi connectivity index (χ3v) is 2.23. The van der Waals surface area contributed by atoms with Gasteiger partial charge in [0.1, 0.15) is 0 Å². The lowest BCUT2D eigenvalue weighted by molar-refractivity contribution is -0.146. The van der Waals surface area contributed by atoms with E-state index in [-0.39, 0.29) is 11.4 Å². The van der Waals surface area contributed by atoms with Crippen molar-refractivity contribution in [3.05, 3.63) is 24.0 Å². The molecule has 8 heteroatoms. The molecule has 0 aliphatic carbocycles. The highest BCUT2D eigenvalue weighted by Gasteiger charge is 2.14. The molecule has 0 unspecified atom stereocenters. The number of hydrogen-bond acceptors (Lipinski definition) is 4. The van der Waals surface area contributed by atoms with Gasteiger partial charge in [-0.1, -0.05) is 0 Å². The van der Waals surface area contributed by atoms with Gasteiger partial charge in [0.15, 0.2) is 17.7 Å². The van der Waals surface area contributed by atoms with E-state index >= 15 is 0 Å². The predicted octanol–water partition coefficient (Wildman–Crippen LogP) is 0.791. The maximum atomic E-state index is 13.5. The fraction of sp³-hybridized carbons (Fsp3) is 0.333. The van der Waals surface area contributed by atoms with Crippen molar-refractivity contribution in [2.24, 2.45) is 0 Å². The Morgan fingerprint density at radius 3 is 2.70 bits per heavy atom. The Balaban J connectivity index is 2.54. The van der Waals surface area contributed by atoms with Crippen LogP contribution >= 0.6 is 0 Å². The first kappa shape index (κ1) is 15.7. The smallest absolute Gasteiger partial charge is 0.334 e. The quantitative estimate of drug-likeness (QED) is 0.618. The zero-order valence-corrected chi connectivity index (χ0v) is 10.7. The first-order valence-corrected chi connectivity index (χ1v) is 5.82. The van der Waals surface area contributed by atoms with Crippen molar-refractivity contribution in [3.8, 4) is 5.75 Å². The molecule has 110 valence electrons. The Morgan fingerprint density at radius 2 is 2.15 bits per heavy atom. The number of halogens is 1. The second kappa shape index (κ2) is 7.29. The van der Waals surface area contributed by atoms with Gasteiger partial charge >= 0.3 is 12.0 Å². The van der Waals surface area contributed by atoms with Gasteiger partial charge in [0.25, 0.3) is 0 Å². The summed E-state index contributed by atoms with van der Waals surface area (Å²) in [5.74, 6) is -2.01. The van der Waals surface area contributed by atoms with E-state index in [2.05, 4.69) is 10.6 Å². The summed E-state index contributed by atoms with van der Waals surface area (Å²) < 4.78 is 18.5. The number of amides is 2. The topological polar surface area (TPSA) is 108 Å². The number of carbonyl (C=O) groups excluding carboxylic acids is 1. The zero-order valence-electron chi connectivity index (χ0n) is 10.7. The molecular weight excluding hydrogens is 271 g/mol. The normalized spacial score (nSPS) is 11.6. The number of carbonyl (C=O) groups is 2. The van der Waals surface area contributed by atoms with Crippen LogP contribution in [0.3, 0.4) is 0 Å². The maximum absolute atomic E-state index is 13.5. The molecule has 0 aromatic heterocycles. The highest BCUT2D eigenvalue weighted by molar-refractivity contribution is 5.89. The molecular formula is C12H15FN2O5. The first-order valence-electron chi connectivity index (χ1n) is 5.82. The molecule has 0 radical (unpaired) electrons. The molecule has 0 saturated carbocycles. The Hall–Kier alpha value is -2.35. The van der Waals surface area contributed by atoms with Gasteiger partial charge in [-0.15, -0.1) is 0 Å². The average molecular weight is 286 g/mol. The standard InChI is InChI=1S/C12H15FN2O5/c1-2-20-10-4-3-7(5-8(10)13)15-12(19)14-6-9(16)11(17)18/h3-5,9,16H,2,6H2,1H3,(H,17,18)(H2,14,15,19)/t9-/m0/s1. The Labute approximate surface area is 114 Å². The maximum Gasteiger partial charge on any atom is 0.334 e. The number of hydrogen-bond donors (Lipinski definition) is 4. The molecule has 20 heavy (non-hydrogen) atoms. The third-order valence-electron chi connectivity index (χ3n) is 2.23. The van der Waals surface area contributed by atoms with Crippen molar-refractivity contribution in [3.63, 3.8) is 0 Å². The van der Waals surface area contributed by atoms with Gasteiger partial charge in [-0.2, -0.15) is 0 Å². The number of rotatable bonds is 6. The van der Waals surface area contributed by atoms with Crippen LogP contribution in [-0.4, -0.2) is 41.5 Å². The van der Waals surface area contributed by atoms with Gasteiger partial charge in [-0.05, 0) is 19.1 Å². The average Bonchev–Trinajstić information content (AvgIpc) is 2.39. The van der Waals surface area contributed by atoms with Crippen LogP contribution in [0.1, 0.15) is 6.92 Å². The number of nitrogens with one attached hydrogen (secondary N) is 2. The molecule has 1 aromatic rings. The summed E-state index contributed by atoms with van der Waals surface area (Å²) >= 11 is 0. The molecule has 2 amide bonds. The van der Waals surface area contributed by atoms with Crippen LogP contribution in [0.25, 0.3) is 0 Å². The molecule has 1 atom stereocenters. The number of ether oxygens (including phenoxy) is 1. The number of carboxylic acid groups (broad SMARTS) is 1. The van der Waals surface area contributed by atoms with Gasteiger partial charge in [0, 0.05) is 11.8 Å². The molecule has 0 heterocycles. The molecule has 0 bridgehead atoms. The van der Waals surface area contributed by atoms with Crippen molar-refractivity contribution in [1.29, 1.82) is 0 Å². The fourth-order valence-electron chi connectivity index (χ4n) is 1.30. The number of carboxylic acids is 1. The summed E-state index contributed by atoms with van der Waals surface area (Å²) in [7, 11) is 0. The van der Waals surface area contributed by atoms with Gasteiger partial charge in [-0.3, -0.25) is 0 Å². The van der Waals surface area contributed by atoms with Gasteiger partial charge in [-0.25, -0.2) is 14.0 Å². The number of urea groups is 1. The zero-order chi connectivity index (χ0) is 15.1. The second-order valence-electron chi connectivity index (χ2n) is 3.77. The summed E-state index contributed by atoms with van der Waals surface area (Å²) in [5, 5.41) is 21.8. The highest BCUT2D eigenvalue weighted by atomic mass is 19.1. The van der Waals surface area contributed by atoms with E-state index in [1.807, 2.05) is 0 Å². The minimum absolute atomic E-state index is 0.0692. The molecule has 0 spiro atoms. The van der Waals surface area contributed by atoms with E-state index in [9.17, 15) is 14.0 Å². The van der Waals surface area contributed by atoms with Gasteiger partial charge < -0.3 is 25.6 Å². The molecule has 1 aromatic carbocycles. The SMILES string of the molecule is CCOc1ccc(NC(=O)NC[C@H](O)C(=O)O)cc1F. The van der Waals surface area contributed by atoms with E-state index in [0.717, 1.165) is 6.07 Å². The van der Waals surface area contributed by atoms with Gasteiger partial charge in [0.05, 0.1) is 13.2 Å². The summed E-state index contributed by atoms with van der Waals surface area (Å²) in [6.07, 6.45) is -1.70.